The highest BCUT2D eigenvalue weighted by Crippen LogP contribution is 2.24. The molecule has 1 heterocycles. The molecule has 0 saturated carbocycles. The molecule has 0 amide bonds. The van der Waals surface area contributed by atoms with E-state index >= 15 is 0 Å². The van der Waals surface area contributed by atoms with Gasteiger partial charge < -0.3 is 4.42 Å². The van der Waals surface area contributed by atoms with Crippen molar-refractivity contribution >= 4 is 6.08 Å². The van der Waals surface area contributed by atoms with Gasteiger partial charge in [0.15, 0.2) is 0 Å². The fraction of sp³-hybridized carbons (Fsp3) is 0.200. The van der Waals surface area contributed by atoms with Gasteiger partial charge in [0.2, 0.25) is 0 Å². The Morgan fingerprint density at radius 1 is 1.54 bits per heavy atom. The van der Waals surface area contributed by atoms with E-state index in [-0.39, 0.29) is 0 Å². The van der Waals surface area contributed by atoms with Crippen LogP contribution >= 0.6 is 0 Å². The highest BCUT2D eigenvalue weighted by Gasteiger charge is 2.10. The van der Waals surface area contributed by atoms with Crippen LogP contribution in [-0.4, -0.2) is 5.21 Å². The maximum atomic E-state index is 8.78. The SMILES string of the molecule is ONC1=CCC/C1=C\c1ccco1. The van der Waals surface area contributed by atoms with Crippen LogP contribution in [0.5, 0.6) is 0 Å². The molecule has 0 aromatic carbocycles. The van der Waals surface area contributed by atoms with E-state index in [2.05, 4.69) is 5.48 Å². The standard InChI is InChI=1S/C10H11NO2/c12-11-10-5-1-3-8(10)7-9-4-2-6-13-9/h2,4-7,11-12H,1,3H2/b8-7+. The molecular weight excluding hydrogens is 166 g/mol. The summed E-state index contributed by atoms with van der Waals surface area (Å²) in [5.74, 6) is 0.818. The average molecular weight is 177 g/mol. The normalized spacial score (nSPS) is 19.2. The molecule has 3 nitrogen and oxygen atoms in total. The molecule has 0 radical (unpaired) electrons. The topological polar surface area (TPSA) is 45.4 Å². The molecule has 2 rings (SSSR count). The third-order valence-electron chi connectivity index (χ3n) is 2.09. The Balaban J connectivity index is 2.22. The summed E-state index contributed by atoms with van der Waals surface area (Å²) < 4.78 is 5.18. The molecule has 68 valence electrons. The van der Waals surface area contributed by atoms with Crippen molar-refractivity contribution in [1.29, 1.82) is 0 Å². The van der Waals surface area contributed by atoms with E-state index in [1.807, 2.05) is 24.3 Å². The minimum absolute atomic E-state index is 0.788. The Hall–Kier alpha value is -1.48. The first kappa shape index (κ1) is 8.13. The van der Waals surface area contributed by atoms with Gasteiger partial charge in [0.25, 0.3) is 0 Å². The molecule has 2 N–H and O–H groups in total. The number of hydroxylamine groups is 1. The third kappa shape index (κ3) is 1.65. The minimum Gasteiger partial charge on any atom is -0.465 e. The van der Waals surface area contributed by atoms with Gasteiger partial charge in [0.05, 0.1) is 12.0 Å². The summed E-state index contributed by atoms with van der Waals surface area (Å²) in [6, 6.07) is 3.73. The summed E-state index contributed by atoms with van der Waals surface area (Å²) in [6.07, 6.45) is 7.45. The first-order valence-corrected chi connectivity index (χ1v) is 4.25. The smallest absolute Gasteiger partial charge is 0.126 e. The van der Waals surface area contributed by atoms with Crippen LogP contribution in [0.15, 0.2) is 40.2 Å². The lowest BCUT2D eigenvalue weighted by atomic mass is 10.2. The van der Waals surface area contributed by atoms with Crippen LogP contribution in [0.25, 0.3) is 6.08 Å². The second-order valence-corrected chi connectivity index (χ2v) is 2.95. The van der Waals surface area contributed by atoms with Crippen molar-refractivity contribution in [3.05, 3.63) is 41.5 Å². The lowest BCUT2D eigenvalue weighted by Gasteiger charge is -2.01. The summed E-state index contributed by atoms with van der Waals surface area (Å²) in [5.41, 5.74) is 4.05. The van der Waals surface area contributed by atoms with E-state index in [1.165, 1.54) is 0 Å². The Bertz CT molecular complexity index is 336. The molecule has 0 bridgehead atoms. The van der Waals surface area contributed by atoms with Crippen molar-refractivity contribution < 1.29 is 9.62 Å². The van der Waals surface area contributed by atoms with Crippen molar-refractivity contribution in [1.82, 2.24) is 5.48 Å². The maximum Gasteiger partial charge on any atom is 0.126 e. The monoisotopic (exact) mass is 177 g/mol. The summed E-state index contributed by atoms with van der Waals surface area (Å²) in [4.78, 5) is 0. The molecule has 1 aromatic heterocycles. The predicted molar refractivity (Wildman–Crippen MR) is 48.9 cm³/mol. The Kier molecular flexibility index (Phi) is 2.19. The second kappa shape index (κ2) is 3.49. The summed E-state index contributed by atoms with van der Waals surface area (Å²) >= 11 is 0. The van der Waals surface area contributed by atoms with Gasteiger partial charge in [-0.15, -0.1) is 0 Å². The third-order valence-corrected chi connectivity index (χ3v) is 2.09. The lowest BCUT2D eigenvalue weighted by Crippen LogP contribution is -2.05. The van der Waals surface area contributed by atoms with Crippen LogP contribution in [0.4, 0.5) is 0 Å². The molecule has 0 fully saturated rings. The van der Waals surface area contributed by atoms with Gasteiger partial charge in [-0.3, -0.25) is 10.7 Å². The molecule has 1 aliphatic rings. The number of hydrogen-bond acceptors (Lipinski definition) is 3. The van der Waals surface area contributed by atoms with Gasteiger partial charge in [0, 0.05) is 0 Å². The molecule has 1 aliphatic carbocycles. The van der Waals surface area contributed by atoms with E-state index in [4.69, 9.17) is 9.62 Å². The van der Waals surface area contributed by atoms with Crippen molar-refractivity contribution in [3.8, 4) is 0 Å². The second-order valence-electron chi connectivity index (χ2n) is 2.95. The van der Waals surface area contributed by atoms with Crippen LogP contribution in [0.2, 0.25) is 0 Å². The summed E-state index contributed by atoms with van der Waals surface area (Å²) in [6.45, 7) is 0. The molecule has 3 heteroatoms. The van der Waals surface area contributed by atoms with Crippen LogP contribution in [-0.2, 0) is 0 Å². The highest BCUT2D eigenvalue weighted by molar-refractivity contribution is 5.55. The van der Waals surface area contributed by atoms with Crippen molar-refractivity contribution in [2.24, 2.45) is 0 Å². The Morgan fingerprint density at radius 2 is 2.46 bits per heavy atom. The van der Waals surface area contributed by atoms with Crippen LogP contribution in [0, 0.1) is 0 Å². The largest absolute Gasteiger partial charge is 0.465 e. The van der Waals surface area contributed by atoms with E-state index in [9.17, 15) is 0 Å². The van der Waals surface area contributed by atoms with Crippen molar-refractivity contribution in [3.63, 3.8) is 0 Å². The Morgan fingerprint density at radius 3 is 3.15 bits per heavy atom. The first-order valence-electron chi connectivity index (χ1n) is 4.25. The average Bonchev–Trinajstić information content (AvgIpc) is 2.76. The first-order chi connectivity index (χ1) is 6.40. The predicted octanol–water partition coefficient (Wildman–Crippen LogP) is 2.32. The zero-order valence-electron chi connectivity index (χ0n) is 7.16. The van der Waals surface area contributed by atoms with Crippen LogP contribution < -0.4 is 5.48 Å². The van der Waals surface area contributed by atoms with Gasteiger partial charge in [-0.05, 0) is 36.6 Å². The highest BCUT2D eigenvalue weighted by atomic mass is 16.5. The van der Waals surface area contributed by atoms with Crippen LogP contribution in [0.3, 0.4) is 0 Å². The quantitative estimate of drug-likeness (QED) is 0.681. The van der Waals surface area contributed by atoms with Gasteiger partial charge in [-0.1, -0.05) is 6.08 Å². The fourth-order valence-corrected chi connectivity index (χ4v) is 1.45. The molecule has 0 unspecified atom stereocenters. The van der Waals surface area contributed by atoms with Crippen molar-refractivity contribution in [2.45, 2.75) is 12.8 Å². The zero-order valence-corrected chi connectivity index (χ0v) is 7.16. The van der Waals surface area contributed by atoms with E-state index in [0.717, 1.165) is 29.9 Å². The maximum absolute atomic E-state index is 8.78. The van der Waals surface area contributed by atoms with Gasteiger partial charge in [0.1, 0.15) is 5.76 Å². The zero-order chi connectivity index (χ0) is 9.10. The minimum atomic E-state index is 0.788. The number of rotatable bonds is 2. The van der Waals surface area contributed by atoms with Gasteiger partial charge >= 0.3 is 0 Å². The van der Waals surface area contributed by atoms with Gasteiger partial charge in [-0.25, -0.2) is 0 Å². The molecular formula is C10H11NO2. The summed E-state index contributed by atoms with van der Waals surface area (Å²) in [7, 11) is 0. The molecule has 0 saturated heterocycles. The lowest BCUT2D eigenvalue weighted by molar-refractivity contribution is 0.204. The van der Waals surface area contributed by atoms with E-state index < -0.39 is 0 Å². The number of hydrogen-bond donors (Lipinski definition) is 2. The Labute approximate surface area is 76.3 Å². The molecule has 1 aromatic rings. The number of furan rings is 1. The van der Waals surface area contributed by atoms with E-state index in [1.54, 1.807) is 6.26 Å². The van der Waals surface area contributed by atoms with Crippen LogP contribution in [0.1, 0.15) is 18.6 Å². The molecule has 13 heavy (non-hydrogen) atoms. The molecule has 0 atom stereocenters. The van der Waals surface area contributed by atoms with Crippen molar-refractivity contribution in [2.75, 3.05) is 0 Å². The van der Waals surface area contributed by atoms with Gasteiger partial charge in [-0.2, -0.15) is 0 Å². The summed E-state index contributed by atoms with van der Waals surface area (Å²) in [5, 5.41) is 8.78. The van der Waals surface area contributed by atoms with E-state index in [0.29, 0.717) is 0 Å². The molecule has 0 aliphatic heterocycles. The number of nitrogens with one attached hydrogen (secondary N) is 1. The fourth-order valence-electron chi connectivity index (χ4n) is 1.45. The molecule has 0 spiro atoms. The number of allylic oxidation sites excluding steroid dienone is 2.